The van der Waals surface area contributed by atoms with E-state index in [2.05, 4.69) is 11.4 Å². The van der Waals surface area contributed by atoms with E-state index in [9.17, 15) is 0 Å². The lowest BCUT2D eigenvalue weighted by atomic mass is 10.2. The van der Waals surface area contributed by atoms with Gasteiger partial charge in [-0.25, -0.2) is 0 Å². The van der Waals surface area contributed by atoms with Gasteiger partial charge in [-0.2, -0.15) is 0 Å². The maximum atomic E-state index is 6.02. The highest BCUT2D eigenvalue weighted by Gasteiger charge is 2.04. The van der Waals surface area contributed by atoms with E-state index in [-0.39, 0.29) is 6.10 Å². The first kappa shape index (κ1) is 15.5. The van der Waals surface area contributed by atoms with Gasteiger partial charge in [0.1, 0.15) is 11.5 Å². The van der Waals surface area contributed by atoms with Crippen LogP contribution in [-0.4, -0.2) is 13.2 Å². The lowest BCUT2D eigenvalue weighted by molar-refractivity contribution is 0.242. The summed E-state index contributed by atoms with van der Waals surface area (Å²) < 4.78 is 11.0. The van der Waals surface area contributed by atoms with E-state index in [0.717, 1.165) is 22.7 Å². The lowest BCUT2D eigenvalue weighted by Gasteiger charge is -2.13. The van der Waals surface area contributed by atoms with Gasteiger partial charge in [0.25, 0.3) is 0 Å². The van der Waals surface area contributed by atoms with Crippen molar-refractivity contribution in [2.24, 2.45) is 0 Å². The minimum atomic E-state index is 0.168. The summed E-state index contributed by atoms with van der Waals surface area (Å²) in [7, 11) is 1.64. The molecular formula is C17H20ClNO2. The van der Waals surface area contributed by atoms with E-state index in [1.54, 1.807) is 7.11 Å². The fraction of sp³-hybridized carbons (Fsp3) is 0.294. The van der Waals surface area contributed by atoms with Crippen molar-refractivity contribution in [3.63, 3.8) is 0 Å². The van der Waals surface area contributed by atoms with Crippen molar-refractivity contribution in [2.45, 2.75) is 26.5 Å². The first-order chi connectivity index (χ1) is 10.1. The second-order valence-electron chi connectivity index (χ2n) is 5.01. The molecule has 2 aromatic carbocycles. The summed E-state index contributed by atoms with van der Waals surface area (Å²) in [6, 6.07) is 13.6. The maximum Gasteiger partial charge on any atom is 0.142 e. The van der Waals surface area contributed by atoms with Crippen LogP contribution in [0.2, 0.25) is 5.02 Å². The number of hydrogen-bond donors (Lipinski definition) is 1. The summed E-state index contributed by atoms with van der Waals surface area (Å²) in [5, 5.41) is 4.01. The minimum absolute atomic E-state index is 0.168. The summed E-state index contributed by atoms with van der Waals surface area (Å²) in [6.45, 7) is 4.70. The molecule has 0 aliphatic rings. The fourth-order valence-corrected chi connectivity index (χ4v) is 2.19. The summed E-state index contributed by atoms with van der Waals surface area (Å²) in [5.41, 5.74) is 2.01. The van der Waals surface area contributed by atoms with E-state index >= 15 is 0 Å². The highest BCUT2D eigenvalue weighted by molar-refractivity contribution is 6.30. The molecule has 0 aliphatic carbocycles. The van der Waals surface area contributed by atoms with Crippen LogP contribution in [0.15, 0.2) is 42.5 Å². The molecule has 0 saturated carbocycles. The molecule has 0 aromatic heterocycles. The van der Waals surface area contributed by atoms with Gasteiger partial charge in [0.05, 0.1) is 18.9 Å². The predicted molar refractivity (Wildman–Crippen MR) is 87.5 cm³/mol. The SMILES string of the molecule is COc1ccc(Cl)cc1NCc1cccc(OC(C)C)c1. The van der Waals surface area contributed by atoms with Crippen LogP contribution in [-0.2, 0) is 6.54 Å². The third kappa shape index (κ3) is 4.57. The van der Waals surface area contributed by atoms with Crippen LogP contribution in [0.5, 0.6) is 11.5 Å². The zero-order valence-corrected chi connectivity index (χ0v) is 13.3. The van der Waals surface area contributed by atoms with Gasteiger partial charge >= 0.3 is 0 Å². The Balaban J connectivity index is 2.07. The van der Waals surface area contributed by atoms with Gasteiger partial charge in [-0.1, -0.05) is 23.7 Å². The molecule has 21 heavy (non-hydrogen) atoms. The van der Waals surface area contributed by atoms with Crippen molar-refractivity contribution in [2.75, 3.05) is 12.4 Å². The topological polar surface area (TPSA) is 30.5 Å². The lowest BCUT2D eigenvalue weighted by Crippen LogP contribution is -2.06. The Morgan fingerprint density at radius 2 is 1.95 bits per heavy atom. The van der Waals surface area contributed by atoms with E-state index in [1.807, 2.05) is 50.2 Å². The molecule has 0 radical (unpaired) electrons. The Kier molecular flexibility index (Phi) is 5.34. The molecule has 4 heteroatoms. The highest BCUT2D eigenvalue weighted by Crippen LogP contribution is 2.28. The van der Waals surface area contributed by atoms with Crippen LogP contribution < -0.4 is 14.8 Å². The number of nitrogens with one attached hydrogen (secondary N) is 1. The van der Waals surface area contributed by atoms with E-state index < -0.39 is 0 Å². The molecule has 112 valence electrons. The van der Waals surface area contributed by atoms with Gasteiger partial charge in [-0.15, -0.1) is 0 Å². The number of ether oxygens (including phenoxy) is 2. The number of methoxy groups -OCH3 is 1. The van der Waals surface area contributed by atoms with Crippen molar-refractivity contribution in [3.05, 3.63) is 53.1 Å². The molecule has 0 amide bonds. The molecule has 2 aromatic rings. The molecule has 2 rings (SSSR count). The molecule has 0 unspecified atom stereocenters. The number of hydrogen-bond acceptors (Lipinski definition) is 3. The molecule has 0 spiro atoms. The standard InChI is InChI=1S/C17H20ClNO2/c1-12(2)21-15-6-4-5-13(9-15)11-19-16-10-14(18)7-8-17(16)20-3/h4-10,12,19H,11H2,1-3H3. The van der Waals surface area contributed by atoms with Crippen molar-refractivity contribution in [3.8, 4) is 11.5 Å². The molecule has 1 N–H and O–H groups in total. The van der Waals surface area contributed by atoms with Crippen molar-refractivity contribution >= 4 is 17.3 Å². The third-order valence-electron chi connectivity index (χ3n) is 2.91. The molecule has 0 atom stereocenters. The Labute approximate surface area is 130 Å². The Hall–Kier alpha value is -1.87. The van der Waals surface area contributed by atoms with Gasteiger partial charge in [0.2, 0.25) is 0 Å². The van der Waals surface area contributed by atoms with Crippen molar-refractivity contribution in [1.29, 1.82) is 0 Å². The van der Waals surface area contributed by atoms with Gasteiger partial charge in [-0.3, -0.25) is 0 Å². The van der Waals surface area contributed by atoms with Crippen LogP contribution in [0.1, 0.15) is 19.4 Å². The van der Waals surface area contributed by atoms with Crippen LogP contribution >= 0.6 is 11.6 Å². The summed E-state index contributed by atoms with van der Waals surface area (Å²) in [6.07, 6.45) is 0.168. The normalized spacial score (nSPS) is 10.5. The molecule has 0 heterocycles. The van der Waals surface area contributed by atoms with Gasteiger partial charge < -0.3 is 14.8 Å². The van der Waals surface area contributed by atoms with Crippen molar-refractivity contribution in [1.82, 2.24) is 0 Å². The second-order valence-corrected chi connectivity index (χ2v) is 5.45. The first-order valence-electron chi connectivity index (χ1n) is 6.91. The maximum absolute atomic E-state index is 6.02. The zero-order chi connectivity index (χ0) is 15.2. The largest absolute Gasteiger partial charge is 0.495 e. The quantitative estimate of drug-likeness (QED) is 0.835. The van der Waals surface area contributed by atoms with Crippen LogP contribution in [0.3, 0.4) is 0 Å². The molecule has 0 fully saturated rings. The Morgan fingerprint density at radius 1 is 1.14 bits per heavy atom. The van der Waals surface area contributed by atoms with Crippen LogP contribution in [0.25, 0.3) is 0 Å². The smallest absolute Gasteiger partial charge is 0.142 e. The molecule has 0 saturated heterocycles. The summed E-state index contributed by atoms with van der Waals surface area (Å²) >= 11 is 6.02. The van der Waals surface area contributed by atoms with Crippen LogP contribution in [0, 0.1) is 0 Å². The highest BCUT2D eigenvalue weighted by atomic mass is 35.5. The van der Waals surface area contributed by atoms with Crippen molar-refractivity contribution < 1.29 is 9.47 Å². The van der Waals surface area contributed by atoms with Gasteiger partial charge in [0, 0.05) is 11.6 Å². The number of benzene rings is 2. The number of anilines is 1. The number of halogens is 1. The summed E-state index contributed by atoms with van der Waals surface area (Å²) in [5.74, 6) is 1.65. The second kappa shape index (κ2) is 7.23. The molecule has 0 bridgehead atoms. The minimum Gasteiger partial charge on any atom is -0.495 e. The Morgan fingerprint density at radius 3 is 2.67 bits per heavy atom. The fourth-order valence-electron chi connectivity index (χ4n) is 2.02. The van der Waals surface area contributed by atoms with Gasteiger partial charge in [0.15, 0.2) is 0 Å². The predicted octanol–water partition coefficient (Wildman–Crippen LogP) is 4.75. The number of rotatable bonds is 6. The third-order valence-corrected chi connectivity index (χ3v) is 3.15. The Bertz CT molecular complexity index is 599. The monoisotopic (exact) mass is 305 g/mol. The van der Waals surface area contributed by atoms with E-state index in [0.29, 0.717) is 11.6 Å². The summed E-state index contributed by atoms with van der Waals surface area (Å²) in [4.78, 5) is 0. The van der Waals surface area contributed by atoms with Gasteiger partial charge in [-0.05, 0) is 49.7 Å². The zero-order valence-electron chi connectivity index (χ0n) is 12.5. The van der Waals surface area contributed by atoms with E-state index in [1.165, 1.54) is 0 Å². The molecular weight excluding hydrogens is 286 g/mol. The van der Waals surface area contributed by atoms with E-state index in [4.69, 9.17) is 21.1 Å². The molecule has 3 nitrogen and oxygen atoms in total. The molecule has 0 aliphatic heterocycles. The first-order valence-corrected chi connectivity index (χ1v) is 7.29. The average molecular weight is 306 g/mol. The average Bonchev–Trinajstić information content (AvgIpc) is 2.45. The van der Waals surface area contributed by atoms with Crippen LogP contribution in [0.4, 0.5) is 5.69 Å².